The van der Waals surface area contributed by atoms with Crippen LogP contribution in [-0.2, 0) is 6.42 Å². The molecule has 2 atom stereocenters. The first-order valence-corrected chi connectivity index (χ1v) is 13.0. The number of Topliss-reactive ketones (excluding diaryl/α,β-unsaturated/α-hetero) is 1. The number of ether oxygens (including phenoxy) is 2. The molecular weight excluding hydrogens is 448 g/mol. The van der Waals surface area contributed by atoms with Crippen LogP contribution in [0.15, 0.2) is 66.7 Å². The molecule has 0 amide bonds. The van der Waals surface area contributed by atoms with E-state index in [0.717, 1.165) is 57.1 Å². The molecule has 0 radical (unpaired) electrons. The summed E-state index contributed by atoms with van der Waals surface area (Å²) in [7, 11) is 1.72. The van der Waals surface area contributed by atoms with Gasteiger partial charge >= 0.3 is 0 Å². The van der Waals surface area contributed by atoms with E-state index in [9.17, 15) is 4.79 Å². The van der Waals surface area contributed by atoms with Crippen LogP contribution in [0.3, 0.4) is 0 Å². The Balaban J connectivity index is 1.31. The highest BCUT2D eigenvalue weighted by Crippen LogP contribution is 2.40. The van der Waals surface area contributed by atoms with Gasteiger partial charge in [0.05, 0.1) is 7.11 Å². The monoisotopic (exact) mass is 484 g/mol. The van der Waals surface area contributed by atoms with Crippen LogP contribution >= 0.6 is 0 Å². The Bertz CT molecular complexity index is 1180. The fraction of sp³-hybridized carbons (Fsp3) is 0.387. The van der Waals surface area contributed by atoms with Crippen molar-refractivity contribution in [3.63, 3.8) is 0 Å². The van der Waals surface area contributed by atoms with Crippen LogP contribution in [0.4, 0.5) is 5.69 Å². The number of carbonyl (C=O) groups is 1. The molecule has 0 unspecified atom stereocenters. The van der Waals surface area contributed by atoms with E-state index in [-0.39, 0.29) is 11.9 Å². The van der Waals surface area contributed by atoms with Gasteiger partial charge in [-0.25, -0.2) is 0 Å². The van der Waals surface area contributed by atoms with Crippen molar-refractivity contribution in [2.75, 3.05) is 44.7 Å². The first kappa shape index (κ1) is 24.4. The minimum absolute atomic E-state index is 0.0297. The molecule has 0 saturated carbocycles. The van der Waals surface area contributed by atoms with E-state index in [4.69, 9.17) is 9.47 Å². The molecule has 2 aliphatic rings. The lowest BCUT2D eigenvalue weighted by molar-refractivity contribution is 0.0833. The molecule has 1 fully saturated rings. The Morgan fingerprint density at radius 2 is 1.61 bits per heavy atom. The summed E-state index contributed by atoms with van der Waals surface area (Å²) in [5.41, 5.74) is 5.88. The molecule has 1 heterocycles. The maximum Gasteiger partial charge on any atom is 0.159 e. The first-order chi connectivity index (χ1) is 17.5. The van der Waals surface area contributed by atoms with Crippen LogP contribution in [0.1, 0.15) is 46.5 Å². The summed E-state index contributed by atoms with van der Waals surface area (Å²) in [6.45, 7) is 8.94. The summed E-state index contributed by atoms with van der Waals surface area (Å²) in [5, 5.41) is 0. The van der Waals surface area contributed by atoms with Gasteiger partial charge < -0.3 is 14.4 Å². The number of benzene rings is 3. The standard InChI is InChI=1S/C31H36N2O3/c1-22-4-10-27(11-5-22)33-18-16-32(17-19-33)21-26-7-6-25-20-29(35-3)14-15-30(25)31(26)36-28-12-8-24(9-13-28)23(2)34/h4-5,8-15,20,26,31H,6-7,16-19,21H2,1-3H3/t26-,31+/m1/s1. The van der Waals surface area contributed by atoms with Crippen molar-refractivity contribution in [3.8, 4) is 11.5 Å². The summed E-state index contributed by atoms with van der Waals surface area (Å²) < 4.78 is 12.1. The zero-order chi connectivity index (χ0) is 25.1. The van der Waals surface area contributed by atoms with Crippen LogP contribution in [0.2, 0.25) is 0 Å². The fourth-order valence-electron chi connectivity index (χ4n) is 5.49. The summed E-state index contributed by atoms with van der Waals surface area (Å²) in [6, 6.07) is 22.8. The van der Waals surface area contributed by atoms with Gasteiger partial charge in [-0.05, 0) is 86.3 Å². The van der Waals surface area contributed by atoms with Crippen molar-refractivity contribution in [2.45, 2.75) is 32.8 Å². The number of ketones is 1. The topological polar surface area (TPSA) is 42.0 Å². The van der Waals surface area contributed by atoms with Gasteiger partial charge in [0.1, 0.15) is 17.6 Å². The number of aryl methyl sites for hydroxylation is 2. The van der Waals surface area contributed by atoms with Crippen LogP contribution in [0.25, 0.3) is 0 Å². The van der Waals surface area contributed by atoms with Crippen molar-refractivity contribution in [3.05, 3.63) is 89.0 Å². The van der Waals surface area contributed by atoms with Gasteiger partial charge in [0.25, 0.3) is 0 Å². The third-order valence-electron chi connectivity index (χ3n) is 7.66. The zero-order valence-corrected chi connectivity index (χ0v) is 21.6. The SMILES string of the molecule is COc1ccc2c(c1)CC[C@H](CN1CCN(c3ccc(C)cc3)CC1)[C@@H]2Oc1ccc(C(C)=O)cc1. The minimum atomic E-state index is -0.0297. The molecule has 0 N–H and O–H groups in total. The van der Waals surface area contributed by atoms with Crippen molar-refractivity contribution in [1.82, 2.24) is 4.90 Å². The largest absolute Gasteiger partial charge is 0.497 e. The third-order valence-corrected chi connectivity index (χ3v) is 7.66. The van der Waals surface area contributed by atoms with Gasteiger partial charge in [-0.3, -0.25) is 9.69 Å². The van der Waals surface area contributed by atoms with Gasteiger partial charge in [0.2, 0.25) is 0 Å². The van der Waals surface area contributed by atoms with E-state index >= 15 is 0 Å². The van der Waals surface area contributed by atoms with Crippen molar-refractivity contribution in [1.29, 1.82) is 0 Å². The van der Waals surface area contributed by atoms with E-state index in [0.29, 0.717) is 11.5 Å². The average Bonchev–Trinajstić information content (AvgIpc) is 2.91. The third kappa shape index (κ3) is 5.41. The van der Waals surface area contributed by atoms with Gasteiger partial charge in [0.15, 0.2) is 5.78 Å². The highest BCUT2D eigenvalue weighted by atomic mass is 16.5. The second kappa shape index (κ2) is 10.8. The number of carbonyl (C=O) groups excluding carboxylic acids is 1. The molecule has 188 valence electrons. The molecule has 0 bridgehead atoms. The Kier molecular flexibility index (Phi) is 7.28. The number of nitrogens with zero attached hydrogens (tertiary/aromatic N) is 2. The lowest BCUT2D eigenvalue weighted by Gasteiger charge is -2.41. The van der Waals surface area contributed by atoms with Crippen molar-refractivity contribution >= 4 is 11.5 Å². The molecule has 5 nitrogen and oxygen atoms in total. The molecular formula is C31H36N2O3. The van der Waals surface area contributed by atoms with Crippen LogP contribution in [-0.4, -0.2) is 50.5 Å². The summed E-state index contributed by atoms with van der Waals surface area (Å²) in [5.74, 6) is 2.16. The van der Waals surface area contributed by atoms with Crippen molar-refractivity contribution in [2.24, 2.45) is 5.92 Å². The smallest absolute Gasteiger partial charge is 0.159 e. The molecule has 3 aromatic rings. The lowest BCUT2D eigenvalue weighted by atomic mass is 9.80. The lowest BCUT2D eigenvalue weighted by Crippen LogP contribution is -2.49. The molecule has 0 spiro atoms. The normalized spacial score (nSPS) is 20.0. The average molecular weight is 485 g/mol. The van der Waals surface area contributed by atoms with Gasteiger partial charge in [-0.1, -0.05) is 23.8 Å². The fourth-order valence-corrected chi connectivity index (χ4v) is 5.49. The van der Waals surface area contributed by atoms with Crippen LogP contribution in [0, 0.1) is 12.8 Å². The Morgan fingerprint density at radius 3 is 2.28 bits per heavy atom. The minimum Gasteiger partial charge on any atom is -0.497 e. The predicted molar refractivity (Wildman–Crippen MR) is 144 cm³/mol. The first-order valence-electron chi connectivity index (χ1n) is 13.0. The Hall–Kier alpha value is -3.31. The highest BCUT2D eigenvalue weighted by molar-refractivity contribution is 5.94. The molecule has 0 aromatic heterocycles. The number of anilines is 1. The molecule has 3 aromatic carbocycles. The molecule has 1 aliphatic carbocycles. The molecule has 5 heteroatoms. The Morgan fingerprint density at radius 1 is 0.917 bits per heavy atom. The molecule has 5 rings (SSSR count). The second-order valence-corrected chi connectivity index (χ2v) is 10.1. The summed E-state index contributed by atoms with van der Waals surface area (Å²) in [4.78, 5) is 16.8. The van der Waals surface area contributed by atoms with Gasteiger partial charge in [-0.15, -0.1) is 0 Å². The highest BCUT2D eigenvalue weighted by Gasteiger charge is 2.33. The van der Waals surface area contributed by atoms with Crippen molar-refractivity contribution < 1.29 is 14.3 Å². The van der Waals surface area contributed by atoms with E-state index in [1.807, 2.05) is 30.3 Å². The van der Waals surface area contributed by atoms with Crippen LogP contribution < -0.4 is 14.4 Å². The van der Waals surface area contributed by atoms with Gasteiger partial charge in [0, 0.05) is 49.9 Å². The number of methoxy groups -OCH3 is 1. The number of hydrogen-bond acceptors (Lipinski definition) is 5. The molecule has 36 heavy (non-hydrogen) atoms. The van der Waals surface area contributed by atoms with E-state index in [2.05, 4.69) is 53.1 Å². The second-order valence-electron chi connectivity index (χ2n) is 10.1. The molecule has 1 saturated heterocycles. The van der Waals surface area contributed by atoms with Crippen LogP contribution in [0.5, 0.6) is 11.5 Å². The maximum atomic E-state index is 11.7. The number of hydrogen-bond donors (Lipinski definition) is 0. The zero-order valence-electron chi connectivity index (χ0n) is 21.6. The molecule has 1 aliphatic heterocycles. The number of fused-ring (bicyclic) bond motifs is 1. The summed E-state index contributed by atoms with van der Waals surface area (Å²) >= 11 is 0. The van der Waals surface area contributed by atoms with E-state index in [1.165, 1.54) is 22.4 Å². The van der Waals surface area contributed by atoms with E-state index in [1.54, 1.807) is 14.0 Å². The quantitative estimate of drug-likeness (QED) is 0.402. The Labute approximate surface area is 214 Å². The van der Waals surface area contributed by atoms with E-state index < -0.39 is 0 Å². The predicted octanol–water partition coefficient (Wildman–Crippen LogP) is 5.71. The maximum absolute atomic E-state index is 11.7. The number of piperazine rings is 1. The number of rotatable bonds is 7. The van der Waals surface area contributed by atoms with Gasteiger partial charge in [-0.2, -0.15) is 0 Å². The summed E-state index contributed by atoms with van der Waals surface area (Å²) in [6.07, 6.45) is 2.08.